The molecule has 0 aliphatic carbocycles. The fourth-order valence-electron chi connectivity index (χ4n) is 2.88. The van der Waals surface area contributed by atoms with Crippen molar-refractivity contribution in [1.29, 1.82) is 0 Å². The van der Waals surface area contributed by atoms with Crippen LogP contribution < -0.4 is 15.9 Å². The number of aromatic nitrogens is 5. The van der Waals surface area contributed by atoms with Crippen LogP contribution in [0.1, 0.15) is 23.0 Å². The molecule has 33 heavy (non-hydrogen) atoms. The van der Waals surface area contributed by atoms with Crippen LogP contribution in [0.5, 0.6) is 5.75 Å². The highest BCUT2D eigenvalue weighted by Gasteiger charge is 2.25. The first kappa shape index (κ1) is 22.2. The van der Waals surface area contributed by atoms with Gasteiger partial charge < -0.3 is 10.5 Å². The standard InChI is InChI=1S/C20H16Cl2N8O3/c1-2-32-14-7-4-11(5-8-14)17-16(25-29-30(17)19-18(23)27-33-28-19)20(31)26-24-10-12-3-6-13(21)9-15(12)22/h3-10H,2H2,1H3,(H2,23,27)(H,26,31). The van der Waals surface area contributed by atoms with E-state index in [2.05, 4.69) is 35.8 Å². The van der Waals surface area contributed by atoms with E-state index in [4.69, 9.17) is 33.7 Å². The van der Waals surface area contributed by atoms with E-state index in [0.717, 1.165) is 0 Å². The monoisotopic (exact) mass is 486 g/mol. The van der Waals surface area contributed by atoms with Crippen molar-refractivity contribution in [3.63, 3.8) is 0 Å². The van der Waals surface area contributed by atoms with E-state index in [-0.39, 0.29) is 17.3 Å². The maximum Gasteiger partial charge on any atom is 0.294 e. The Kier molecular flexibility index (Phi) is 6.52. The molecule has 0 radical (unpaired) electrons. The average Bonchev–Trinajstić information content (AvgIpc) is 3.42. The van der Waals surface area contributed by atoms with Crippen LogP contribution in [0.3, 0.4) is 0 Å². The molecule has 168 valence electrons. The average molecular weight is 487 g/mol. The van der Waals surface area contributed by atoms with Gasteiger partial charge in [-0.25, -0.2) is 10.1 Å². The van der Waals surface area contributed by atoms with E-state index < -0.39 is 5.91 Å². The maximum absolute atomic E-state index is 12.9. The molecule has 1 amide bonds. The number of nitrogens with zero attached hydrogens (tertiary/aromatic N) is 6. The second kappa shape index (κ2) is 9.67. The first-order valence-electron chi connectivity index (χ1n) is 9.53. The summed E-state index contributed by atoms with van der Waals surface area (Å²) in [6.45, 7) is 2.40. The lowest BCUT2D eigenvalue weighted by atomic mass is 10.1. The van der Waals surface area contributed by atoms with Gasteiger partial charge in [0.15, 0.2) is 5.69 Å². The Morgan fingerprint density at radius 2 is 2.03 bits per heavy atom. The highest BCUT2D eigenvalue weighted by molar-refractivity contribution is 6.36. The lowest BCUT2D eigenvalue weighted by molar-refractivity contribution is 0.0950. The fourth-order valence-corrected chi connectivity index (χ4v) is 3.33. The first-order valence-corrected chi connectivity index (χ1v) is 10.3. The molecule has 13 heteroatoms. The van der Waals surface area contributed by atoms with Crippen molar-refractivity contribution in [2.45, 2.75) is 6.92 Å². The topological polar surface area (TPSA) is 146 Å². The van der Waals surface area contributed by atoms with Gasteiger partial charge in [-0.2, -0.15) is 9.78 Å². The Morgan fingerprint density at radius 3 is 2.70 bits per heavy atom. The normalized spacial score (nSPS) is 11.1. The number of hydrazone groups is 1. The van der Waals surface area contributed by atoms with Gasteiger partial charge in [0.1, 0.15) is 11.4 Å². The summed E-state index contributed by atoms with van der Waals surface area (Å²) in [6, 6.07) is 11.9. The lowest BCUT2D eigenvalue weighted by Crippen LogP contribution is -2.19. The van der Waals surface area contributed by atoms with Crippen LogP contribution in [0, 0.1) is 0 Å². The van der Waals surface area contributed by atoms with E-state index in [9.17, 15) is 4.79 Å². The number of hydrogen-bond acceptors (Lipinski definition) is 9. The van der Waals surface area contributed by atoms with Gasteiger partial charge in [0.05, 0.1) is 17.8 Å². The van der Waals surface area contributed by atoms with Crippen molar-refractivity contribution in [3.05, 3.63) is 63.8 Å². The molecule has 0 aliphatic rings. The van der Waals surface area contributed by atoms with E-state index >= 15 is 0 Å². The lowest BCUT2D eigenvalue weighted by Gasteiger charge is -2.07. The molecule has 0 atom stereocenters. The largest absolute Gasteiger partial charge is 0.494 e. The Morgan fingerprint density at radius 1 is 1.24 bits per heavy atom. The van der Waals surface area contributed by atoms with Crippen LogP contribution in [-0.4, -0.2) is 44.0 Å². The number of benzene rings is 2. The quantitative estimate of drug-likeness (QED) is 0.298. The highest BCUT2D eigenvalue weighted by atomic mass is 35.5. The van der Waals surface area contributed by atoms with Crippen molar-refractivity contribution in [3.8, 4) is 22.8 Å². The van der Waals surface area contributed by atoms with Gasteiger partial charge in [0.25, 0.3) is 5.91 Å². The van der Waals surface area contributed by atoms with Gasteiger partial charge in [-0.1, -0.05) is 34.5 Å². The molecule has 0 unspecified atom stereocenters. The number of nitrogens with two attached hydrogens (primary N) is 1. The molecular formula is C20H16Cl2N8O3. The smallest absolute Gasteiger partial charge is 0.294 e. The zero-order valence-corrected chi connectivity index (χ0v) is 18.6. The van der Waals surface area contributed by atoms with Gasteiger partial charge >= 0.3 is 0 Å². The van der Waals surface area contributed by atoms with Gasteiger partial charge in [-0.15, -0.1) is 5.10 Å². The minimum atomic E-state index is -0.624. The number of anilines is 1. The Hall–Kier alpha value is -3.96. The summed E-state index contributed by atoms with van der Waals surface area (Å²) in [5.41, 5.74) is 9.67. The van der Waals surface area contributed by atoms with Crippen LogP contribution in [0.4, 0.5) is 5.82 Å². The minimum Gasteiger partial charge on any atom is -0.494 e. The van der Waals surface area contributed by atoms with Gasteiger partial charge in [0, 0.05) is 16.1 Å². The molecule has 0 saturated carbocycles. The molecule has 11 nitrogen and oxygen atoms in total. The molecule has 0 aliphatic heterocycles. The Labute approximate surface area is 197 Å². The third-order valence-corrected chi connectivity index (χ3v) is 4.91. The van der Waals surface area contributed by atoms with E-state index in [1.54, 1.807) is 42.5 Å². The summed E-state index contributed by atoms with van der Waals surface area (Å²) in [5.74, 6) is 0.108. The number of carbonyl (C=O) groups is 1. The van der Waals surface area contributed by atoms with Crippen LogP contribution in [-0.2, 0) is 0 Å². The molecule has 0 saturated heterocycles. The second-order valence-electron chi connectivity index (χ2n) is 6.49. The molecule has 2 aromatic carbocycles. The second-order valence-corrected chi connectivity index (χ2v) is 7.34. The molecule has 0 bridgehead atoms. The zero-order chi connectivity index (χ0) is 23.4. The summed E-state index contributed by atoms with van der Waals surface area (Å²) in [6.07, 6.45) is 1.39. The molecule has 2 aromatic heterocycles. The van der Waals surface area contributed by atoms with E-state index in [0.29, 0.717) is 39.2 Å². The van der Waals surface area contributed by atoms with Crippen molar-refractivity contribution >= 4 is 41.1 Å². The number of ether oxygens (including phenoxy) is 1. The van der Waals surface area contributed by atoms with Gasteiger partial charge in [-0.05, 0) is 53.6 Å². The maximum atomic E-state index is 12.9. The number of hydrogen-bond donors (Lipinski definition) is 2. The first-order chi connectivity index (χ1) is 16.0. The van der Waals surface area contributed by atoms with Crippen molar-refractivity contribution in [2.24, 2.45) is 5.10 Å². The number of rotatable bonds is 7. The third kappa shape index (κ3) is 4.78. The highest BCUT2D eigenvalue weighted by Crippen LogP contribution is 2.28. The molecule has 0 fully saturated rings. The van der Waals surface area contributed by atoms with Crippen molar-refractivity contribution < 1.29 is 14.2 Å². The van der Waals surface area contributed by atoms with Crippen LogP contribution in [0.25, 0.3) is 17.1 Å². The number of halogens is 2. The third-order valence-electron chi connectivity index (χ3n) is 4.35. The number of carbonyl (C=O) groups excluding carboxylic acids is 1. The van der Waals surface area contributed by atoms with Crippen molar-refractivity contribution in [1.82, 2.24) is 30.7 Å². The predicted octanol–water partition coefficient (Wildman–Crippen LogP) is 3.37. The summed E-state index contributed by atoms with van der Waals surface area (Å²) in [5, 5.41) is 20.1. The predicted molar refractivity (Wildman–Crippen MR) is 122 cm³/mol. The molecule has 0 spiro atoms. The fraction of sp³-hybridized carbons (Fsp3) is 0.100. The number of nitrogens with one attached hydrogen (secondary N) is 1. The Bertz CT molecular complexity index is 1320. The summed E-state index contributed by atoms with van der Waals surface area (Å²) in [7, 11) is 0. The van der Waals surface area contributed by atoms with E-state index in [1.807, 2.05) is 6.92 Å². The molecule has 4 aromatic rings. The van der Waals surface area contributed by atoms with Crippen LogP contribution in [0.15, 0.2) is 52.2 Å². The molecule has 2 heterocycles. The zero-order valence-electron chi connectivity index (χ0n) is 17.1. The van der Waals surface area contributed by atoms with Crippen LogP contribution in [0.2, 0.25) is 10.0 Å². The Balaban J connectivity index is 1.67. The van der Waals surface area contributed by atoms with Gasteiger partial charge in [-0.3, -0.25) is 4.79 Å². The summed E-state index contributed by atoms with van der Waals surface area (Å²) < 4.78 is 11.4. The summed E-state index contributed by atoms with van der Waals surface area (Å²) >= 11 is 12.0. The van der Waals surface area contributed by atoms with Crippen LogP contribution >= 0.6 is 23.2 Å². The molecular weight excluding hydrogens is 471 g/mol. The summed E-state index contributed by atoms with van der Waals surface area (Å²) in [4.78, 5) is 12.9. The van der Waals surface area contributed by atoms with Gasteiger partial charge in [0.2, 0.25) is 11.6 Å². The molecule has 3 N–H and O–H groups in total. The van der Waals surface area contributed by atoms with E-state index in [1.165, 1.54) is 10.9 Å². The number of nitrogen functional groups attached to an aromatic ring is 1. The van der Waals surface area contributed by atoms with Crippen molar-refractivity contribution in [2.75, 3.05) is 12.3 Å². The number of amides is 1. The SMILES string of the molecule is CCOc1ccc(-c2c(C(=O)NN=Cc3ccc(Cl)cc3Cl)nnn2-c2nonc2N)cc1. The molecule has 4 rings (SSSR count). The minimum absolute atomic E-state index is 0.0190.